The average molecular weight is 406 g/mol. The summed E-state index contributed by atoms with van der Waals surface area (Å²) in [4.78, 5) is 38.1. The highest BCUT2D eigenvalue weighted by Gasteiger charge is 2.23. The predicted molar refractivity (Wildman–Crippen MR) is 111 cm³/mol. The van der Waals surface area contributed by atoms with Crippen LogP contribution in [0, 0.1) is 0 Å². The molecular weight excluding hydrogens is 384 g/mol. The molecule has 3 aromatic rings. The van der Waals surface area contributed by atoms with Crippen molar-refractivity contribution < 1.29 is 23.5 Å². The normalized spacial score (nSPS) is 14.7. The summed E-state index contributed by atoms with van der Waals surface area (Å²) < 4.78 is 10.9. The minimum Gasteiger partial charge on any atom is -0.459 e. The fourth-order valence-corrected chi connectivity index (χ4v) is 3.51. The highest BCUT2D eigenvalue weighted by Crippen LogP contribution is 2.24. The van der Waals surface area contributed by atoms with Gasteiger partial charge in [0.05, 0.1) is 11.6 Å². The zero-order valence-electron chi connectivity index (χ0n) is 16.6. The number of fused-ring (bicyclic) bond motifs is 1. The quantitative estimate of drug-likeness (QED) is 0.632. The predicted octanol–water partition coefficient (Wildman–Crippen LogP) is 3.59. The van der Waals surface area contributed by atoms with Crippen LogP contribution in [-0.2, 0) is 14.3 Å². The summed E-state index contributed by atoms with van der Waals surface area (Å²) in [6.07, 6.45) is 1.31. The second-order valence-corrected chi connectivity index (χ2v) is 7.25. The van der Waals surface area contributed by atoms with E-state index >= 15 is 0 Å². The van der Waals surface area contributed by atoms with E-state index in [1.807, 2.05) is 30.3 Å². The highest BCUT2D eigenvalue weighted by atomic mass is 16.5. The molecule has 0 radical (unpaired) electrons. The Labute approximate surface area is 173 Å². The Morgan fingerprint density at radius 1 is 1.17 bits per heavy atom. The molecule has 1 aliphatic heterocycles. The van der Waals surface area contributed by atoms with E-state index in [-0.39, 0.29) is 11.9 Å². The van der Waals surface area contributed by atoms with Crippen molar-refractivity contribution in [3.8, 4) is 0 Å². The van der Waals surface area contributed by atoms with Crippen molar-refractivity contribution in [3.05, 3.63) is 65.9 Å². The first-order valence-electron chi connectivity index (χ1n) is 9.86. The SMILES string of the molecule is C[C@H](NC(=O)COC(=O)c1cccc(N2CCCC2=O)c1)c1cc2ccccc2o1. The van der Waals surface area contributed by atoms with Gasteiger partial charge in [-0.3, -0.25) is 9.59 Å². The first-order chi connectivity index (χ1) is 14.5. The Morgan fingerprint density at radius 3 is 2.77 bits per heavy atom. The first-order valence-corrected chi connectivity index (χ1v) is 9.86. The van der Waals surface area contributed by atoms with Crippen molar-refractivity contribution in [2.24, 2.45) is 0 Å². The number of anilines is 1. The average Bonchev–Trinajstić information content (AvgIpc) is 3.38. The molecule has 0 bridgehead atoms. The Kier molecular flexibility index (Phi) is 5.52. The van der Waals surface area contributed by atoms with Crippen molar-refractivity contribution in [1.29, 1.82) is 0 Å². The van der Waals surface area contributed by atoms with Crippen LogP contribution in [0.1, 0.15) is 41.9 Å². The van der Waals surface area contributed by atoms with Gasteiger partial charge in [0.2, 0.25) is 5.91 Å². The van der Waals surface area contributed by atoms with Crippen molar-refractivity contribution in [2.45, 2.75) is 25.8 Å². The number of carbonyl (C=O) groups excluding carboxylic acids is 3. The molecular formula is C23H22N2O5. The lowest BCUT2D eigenvalue weighted by Gasteiger charge is -2.16. The van der Waals surface area contributed by atoms with Crippen molar-refractivity contribution >= 4 is 34.4 Å². The van der Waals surface area contributed by atoms with Gasteiger partial charge in [-0.2, -0.15) is 0 Å². The number of para-hydroxylation sites is 1. The molecule has 1 aromatic heterocycles. The molecule has 1 aliphatic rings. The zero-order chi connectivity index (χ0) is 21.1. The number of rotatable bonds is 6. The maximum Gasteiger partial charge on any atom is 0.338 e. The summed E-state index contributed by atoms with van der Waals surface area (Å²) in [5.74, 6) is -0.379. The monoisotopic (exact) mass is 406 g/mol. The summed E-state index contributed by atoms with van der Waals surface area (Å²) in [7, 11) is 0. The minimum atomic E-state index is -0.616. The van der Waals surface area contributed by atoms with E-state index in [2.05, 4.69) is 5.32 Å². The number of amides is 2. The Morgan fingerprint density at radius 2 is 2.00 bits per heavy atom. The van der Waals surface area contributed by atoms with E-state index in [1.165, 1.54) is 0 Å². The third-order valence-electron chi connectivity index (χ3n) is 5.05. The second-order valence-electron chi connectivity index (χ2n) is 7.25. The Hall–Kier alpha value is -3.61. The Balaban J connectivity index is 1.33. The molecule has 4 rings (SSSR count). The number of hydrogen-bond acceptors (Lipinski definition) is 5. The van der Waals surface area contributed by atoms with E-state index in [0.29, 0.717) is 30.0 Å². The van der Waals surface area contributed by atoms with Gasteiger partial charge in [0.15, 0.2) is 6.61 Å². The summed E-state index contributed by atoms with van der Waals surface area (Å²) in [5, 5.41) is 3.72. The lowest BCUT2D eigenvalue weighted by Crippen LogP contribution is -2.31. The van der Waals surface area contributed by atoms with Crippen molar-refractivity contribution in [3.63, 3.8) is 0 Å². The number of benzene rings is 2. The van der Waals surface area contributed by atoms with Crippen molar-refractivity contribution in [1.82, 2.24) is 5.32 Å². The molecule has 1 fully saturated rings. The summed E-state index contributed by atoms with van der Waals surface area (Å²) in [6.45, 7) is 2.03. The molecule has 0 unspecified atom stereocenters. The zero-order valence-corrected chi connectivity index (χ0v) is 16.6. The van der Waals surface area contributed by atoms with Crippen LogP contribution in [-0.4, -0.2) is 30.9 Å². The maximum atomic E-state index is 12.3. The van der Waals surface area contributed by atoms with Crippen LogP contribution in [0.5, 0.6) is 0 Å². The van der Waals surface area contributed by atoms with Gasteiger partial charge in [-0.1, -0.05) is 24.3 Å². The van der Waals surface area contributed by atoms with Crippen LogP contribution >= 0.6 is 0 Å². The molecule has 2 amide bonds. The molecule has 7 nitrogen and oxygen atoms in total. The molecule has 0 saturated carbocycles. The van der Waals surface area contributed by atoms with Crippen LogP contribution in [0.4, 0.5) is 5.69 Å². The lowest BCUT2D eigenvalue weighted by molar-refractivity contribution is -0.125. The van der Waals surface area contributed by atoms with Gasteiger partial charge in [0.1, 0.15) is 11.3 Å². The van der Waals surface area contributed by atoms with Gasteiger partial charge in [0.25, 0.3) is 5.91 Å². The van der Waals surface area contributed by atoms with Crippen molar-refractivity contribution in [2.75, 3.05) is 18.1 Å². The van der Waals surface area contributed by atoms with Gasteiger partial charge >= 0.3 is 5.97 Å². The molecule has 7 heteroatoms. The fraction of sp³-hybridized carbons (Fsp3) is 0.261. The standard InChI is InChI=1S/C23H22N2O5/c1-15(20-13-16-6-2-3-9-19(16)30-20)24-21(26)14-29-23(28)17-7-4-8-18(12-17)25-11-5-10-22(25)27/h2-4,6-9,12-13,15H,5,10-11,14H2,1H3,(H,24,26)/t15-/m0/s1. The smallest absolute Gasteiger partial charge is 0.338 e. The van der Waals surface area contributed by atoms with E-state index < -0.39 is 18.5 Å². The third kappa shape index (κ3) is 4.20. The number of ether oxygens (including phenoxy) is 1. The molecule has 0 spiro atoms. The fourth-order valence-electron chi connectivity index (χ4n) is 3.51. The van der Waals surface area contributed by atoms with E-state index in [4.69, 9.17) is 9.15 Å². The number of nitrogens with one attached hydrogen (secondary N) is 1. The molecule has 154 valence electrons. The van der Waals surface area contributed by atoms with Gasteiger partial charge in [-0.15, -0.1) is 0 Å². The van der Waals surface area contributed by atoms with Crippen LogP contribution < -0.4 is 10.2 Å². The number of esters is 1. The summed E-state index contributed by atoms with van der Waals surface area (Å²) in [6, 6.07) is 15.8. The molecule has 1 atom stereocenters. The van der Waals surface area contributed by atoms with Gasteiger partial charge in [0, 0.05) is 24.0 Å². The molecule has 1 N–H and O–H groups in total. The topological polar surface area (TPSA) is 88.9 Å². The van der Waals surface area contributed by atoms with E-state index in [9.17, 15) is 14.4 Å². The largest absolute Gasteiger partial charge is 0.459 e. The molecule has 2 aromatic carbocycles. The van der Waals surface area contributed by atoms with Gasteiger partial charge in [-0.25, -0.2) is 4.79 Å². The number of hydrogen-bond donors (Lipinski definition) is 1. The van der Waals surface area contributed by atoms with Crippen LogP contribution in [0.25, 0.3) is 11.0 Å². The minimum absolute atomic E-state index is 0.0412. The van der Waals surface area contributed by atoms with Gasteiger partial charge < -0.3 is 19.4 Å². The first kappa shape index (κ1) is 19.7. The molecule has 30 heavy (non-hydrogen) atoms. The maximum absolute atomic E-state index is 12.3. The van der Waals surface area contributed by atoms with Gasteiger partial charge in [-0.05, 0) is 43.7 Å². The lowest BCUT2D eigenvalue weighted by atomic mass is 10.2. The Bertz CT molecular complexity index is 1070. The number of nitrogens with zero attached hydrogens (tertiary/aromatic N) is 1. The van der Waals surface area contributed by atoms with Crippen LogP contribution in [0.2, 0.25) is 0 Å². The summed E-state index contributed by atoms with van der Waals surface area (Å²) >= 11 is 0. The van der Waals surface area contributed by atoms with Crippen LogP contribution in [0.15, 0.2) is 59.0 Å². The summed E-state index contributed by atoms with van der Waals surface area (Å²) in [5.41, 5.74) is 1.71. The highest BCUT2D eigenvalue weighted by molar-refractivity contribution is 5.97. The third-order valence-corrected chi connectivity index (χ3v) is 5.05. The van der Waals surface area contributed by atoms with Crippen LogP contribution in [0.3, 0.4) is 0 Å². The molecule has 0 aliphatic carbocycles. The van der Waals surface area contributed by atoms with E-state index in [1.54, 1.807) is 36.1 Å². The second kappa shape index (κ2) is 8.41. The molecule has 1 saturated heterocycles. The number of furan rings is 1. The molecule has 2 heterocycles. The number of carbonyl (C=O) groups is 3. The van der Waals surface area contributed by atoms with E-state index in [0.717, 1.165) is 17.4 Å².